The molecule has 0 bridgehead atoms. The van der Waals surface area contributed by atoms with Crippen molar-refractivity contribution in [1.29, 1.82) is 0 Å². The molecule has 144 valence electrons. The van der Waals surface area contributed by atoms with E-state index < -0.39 is 21.3 Å². The summed E-state index contributed by atoms with van der Waals surface area (Å²) in [6, 6.07) is 9.11. The van der Waals surface area contributed by atoms with Gasteiger partial charge in [-0.25, -0.2) is 8.42 Å². The van der Waals surface area contributed by atoms with Gasteiger partial charge in [0.15, 0.2) is 0 Å². The van der Waals surface area contributed by atoms with Crippen LogP contribution in [0.3, 0.4) is 0 Å². The van der Waals surface area contributed by atoms with Crippen molar-refractivity contribution in [3.63, 3.8) is 0 Å². The Bertz CT molecular complexity index is 963. The highest BCUT2D eigenvalue weighted by Crippen LogP contribution is 2.33. The molecular formula is C18H16Cl3NO4S. The van der Waals surface area contributed by atoms with E-state index in [4.69, 9.17) is 39.5 Å². The summed E-state index contributed by atoms with van der Waals surface area (Å²) in [5, 5.41) is -0.697. The second kappa shape index (κ2) is 8.97. The number of sulfonamides is 1. The summed E-state index contributed by atoms with van der Waals surface area (Å²) in [7, 11) is -4.25. The fourth-order valence-electron chi connectivity index (χ4n) is 2.31. The second-order valence-electron chi connectivity index (χ2n) is 5.45. The maximum atomic E-state index is 13.3. The molecule has 0 saturated carbocycles. The van der Waals surface area contributed by atoms with E-state index in [2.05, 4.69) is 6.58 Å². The molecule has 2 rings (SSSR count). The molecule has 0 aliphatic carbocycles. The lowest BCUT2D eigenvalue weighted by molar-refractivity contribution is -0.112. The average molecular weight is 449 g/mol. The Kier molecular flexibility index (Phi) is 7.17. The molecular weight excluding hydrogens is 433 g/mol. The third-order valence-corrected chi connectivity index (χ3v) is 6.48. The van der Waals surface area contributed by atoms with Gasteiger partial charge in [0.05, 0.1) is 10.7 Å². The predicted octanol–water partition coefficient (Wildman–Crippen LogP) is 4.91. The normalized spacial score (nSPS) is 12.3. The van der Waals surface area contributed by atoms with Crippen LogP contribution in [0.2, 0.25) is 10.0 Å². The third-order valence-electron chi connectivity index (χ3n) is 3.55. The van der Waals surface area contributed by atoms with Crippen LogP contribution in [0.15, 0.2) is 60.0 Å². The Labute approximate surface area is 173 Å². The van der Waals surface area contributed by atoms with Crippen molar-refractivity contribution in [3.05, 3.63) is 65.2 Å². The van der Waals surface area contributed by atoms with Crippen molar-refractivity contribution in [1.82, 2.24) is 0 Å². The van der Waals surface area contributed by atoms with Crippen molar-refractivity contribution in [2.75, 3.05) is 10.9 Å². The van der Waals surface area contributed by atoms with Crippen LogP contribution < -0.4 is 9.04 Å². The first kappa shape index (κ1) is 21.6. The predicted molar refractivity (Wildman–Crippen MR) is 109 cm³/mol. The molecule has 1 atom stereocenters. The van der Waals surface area contributed by atoms with E-state index in [-0.39, 0.29) is 27.2 Å². The fourth-order valence-corrected chi connectivity index (χ4v) is 4.82. The number of rotatable bonds is 8. The number of nitrogens with zero attached hydrogens (tertiary/aromatic N) is 1. The van der Waals surface area contributed by atoms with Gasteiger partial charge >= 0.3 is 0 Å². The summed E-state index contributed by atoms with van der Waals surface area (Å²) < 4.78 is 32.9. The SMILES string of the molecule is C=CCOc1cccc(N(C(C)C(=O)Cl)S(=O)(=O)c2cc(Cl)ccc2Cl)c1. The van der Waals surface area contributed by atoms with Gasteiger partial charge in [0.25, 0.3) is 10.0 Å². The van der Waals surface area contributed by atoms with Crippen molar-refractivity contribution in [2.45, 2.75) is 17.9 Å². The van der Waals surface area contributed by atoms with Crippen LogP contribution >= 0.6 is 34.8 Å². The molecule has 27 heavy (non-hydrogen) atoms. The van der Waals surface area contributed by atoms with Gasteiger partial charge in [-0.05, 0) is 48.9 Å². The van der Waals surface area contributed by atoms with E-state index in [1.54, 1.807) is 18.2 Å². The maximum absolute atomic E-state index is 13.3. The van der Waals surface area contributed by atoms with Crippen molar-refractivity contribution >= 4 is 55.8 Å². The molecule has 0 radical (unpaired) electrons. The second-order valence-corrected chi connectivity index (χ2v) is 8.45. The molecule has 0 aromatic heterocycles. The van der Waals surface area contributed by atoms with E-state index >= 15 is 0 Å². The summed E-state index contributed by atoms with van der Waals surface area (Å²) in [4.78, 5) is 11.6. The lowest BCUT2D eigenvalue weighted by Crippen LogP contribution is -2.42. The van der Waals surface area contributed by atoms with Gasteiger partial charge in [0, 0.05) is 11.1 Å². The van der Waals surface area contributed by atoms with E-state index in [0.29, 0.717) is 5.75 Å². The molecule has 0 aliphatic heterocycles. The quantitative estimate of drug-likeness (QED) is 0.425. The van der Waals surface area contributed by atoms with E-state index in [1.807, 2.05) is 0 Å². The van der Waals surface area contributed by atoms with Crippen LogP contribution in [0.4, 0.5) is 5.69 Å². The number of halogens is 3. The molecule has 0 fully saturated rings. The third kappa shape index (κ3) is 4.96. The highest BCUT2D eigenvalue weighted by Gasteiger charge is 2.34. The Morgan fingerprint density at radius 3 is 2.59 bits per heavy atom. The zero-order valence-electron chi connectivity index (χ0n) is 14.2. The van der Waals surface area contributed by atoms with Crippen LogP contribution in [-0.4, -0.2) is 26.3 Å². The standard InChI is InChI=1S/C18H16Cl3NO4S/c1-3-9-26-15-6-4-5-14(11-15)22(12(2)18(21)23)27(24,25)17-10-13(19)7-8-16(17)20/h3-8,10-12H,1,9H2,2H3. The number of carbonyl (C=O) groups is 1. The highest BCUT2D eigenvalue weighted by atomic mass is 35.5. The Morgan fingerprint density at radius 2 is 1.96 bits per heavy atom. The first-order valence-corrected chi connectivity index (χ1v) is 10.3. The van der Waals surface area contributed by atoms with Gasteiger partial charge in [0.2, 0.25) is 5.24 Å². The maximum Gasteiger partial charge on any atom is 0.266 e. The van der Waals surface area contributed by atoms with Gasteiger partial charge < -0.3 is 4.74 Å². The lowest BCUT2D eigenvalue weighted by Gasteiger charge is -2.29. The van der Waals surface area contributed by atoms with Crippen molar-refractivity contribution in [3.8, 4) is 5.75 Å². The smallest absolute Gasteiger partial charge is 0.266 e. The summed E-state index contributed by atoms with van der Waals surface area (Å²) >= 11 is 17.6. The van der Waals surface area contributed by atoms with E-state index in [9.17, 15) is 13.2 Å². The van der Waals surface area contributed by atoms with Crippen molar-refractivity contribution in [2.24, 2.45) is 0 Å². The van der Waals surface area contributed by atoms with Gasteiger partial charge in [-0.15, -0.1) is 0 Å². The topological polar surface area (TPSA) is 63.7 Å². The lowest BCUT2D eigenvalue weighted by atomic mass is 10.2. The zero-order valence-corrected chi connectivity index (χ0v) is 17.3. The summed E-state index contributed by atoms with van der Waals surface area (Å²) in [6.07, 6.45) is 1.55. The number of anilines is 1. The molecule has 0 heterocycles. The highest BCUT2D eigenvalue weighted by molar-refractivity contribution is 7.93. The summed E-state index contributed by atoms with van der Waals surface area (Å²) in [5.41, 5.74) is 0.189. The fraction of sp³-hybridized carbons (Fsp3) is 0.167. The van der Waals surface area contributed by atoms with Crippen LogP contribution in [0.5, 0.6) is 5.75 Å². The summed E-state index contributed by atoms with van der Waals surface area (Å²) in [5.74, 6) is 0.402. The molecule has 0 N–H and O–H groups in total. The molecule has 0 aliphatic rings. The van der Waals surface area contributed by atoms with E-state index in [0.717, 1.165) is 4.31 Å². The van der Waals surface area contributed by atoms with Crippen LogP contribution in [0.25, 0.3) is 0 Å². The number of ether oxygens (including phenoxy) is 1. The molecule has 9 heteroatoms. The van der Waals surface area contributed by atoms with Gasteiger partial charge in [-0.3, -0.25) is 9.10 Å². The molecule has 0 amide bonds. The molecule has 2 aromatic rings. The Morgan fingerprint density at radius 1 is 1.26 bits per heavy atom. The number of hydrogen-bond acceptors (Lipinski definition) is 4. The minimum absolute atomic E-state index is 0.0299. The number of carbonyl (C=O) groups excluding carboxylic acids is 1. The molecule has 2 aromatic carbocycles. The average Bonchev–Trinajstić information content (AvgIpc) is 2.62. The van der Waals surface area contributed by atoms with Crippen LogP contribution in [-0.2, 0) is 14.8 Å². The molecule has 0 saturated heterocycles. The van der Waals surface area contributed by atoms with Gasteiger partial charge in [-0.2, -0.15) is 0 Å². The monoisotopic (exact) mass is 447 g/mol. The summed E-state index contributed by atoms with van der Waals surface area (Å²) in [6.45, 7) is 5.18. The minimum Gasteiger partial charge on any atom is -0.489 e. The zero-order chi connectivity index (χ0) is 20.2. The van der Waals surface area contributed by atoms with Gasteiger partial charge in [-0.1, -0.05) is 41.9 Å². The Balaban J connectivity index is 2.63. The molecule has 0 spiro atoms. The van der Waals surface area contributed by atoms with E-state index in [1.165, 1.54) is 37.3 Å². The van der Waals surface area contributed by atoms with Crippen LogP contribution in [0, 0.1) is 0 Å². The number of hydrogen-bond donors (Lipinski definition) is 0. The number of benzene rings is 2. The van der Waals surface area contributed by atoms with Gasteiger partial charge in [0.1, 0.15) is 23.3 Å². The largest absolute Gasteiger partial charge is 0.489 e. The molecule has 1 unspecified atom stereocenters. The first-order chi connectivity index (χ1) is 12.7. The minimum atomic E-state index is -4.25. The van der Waals surface area contributed by atoms with Crippen LogP contribution in [0.1, 0.15) is 6.92 Å². The van der Waals surface area contributed by atoms with Crippen molar-refractivity contribution < 1.29 is 17.9 Å². The molecule has 5 nitrogen and oxygen atoms in total. The first-order valence-electron chi connectivity index (χ1n) is 7.71. The Hall–Kier alpha value is -1.73.